The van der Waals surface area contributed by atoms with Gasteiger partial charge in [0.25, 0.3) is 0 Å². The van der Waals surface area contributed by atoms with Gasteiger partial charge in [-0.1, -0.05) is 13.3 Å². The number of aromatic nitrogens is 3. The molecule has 0 saturated heterocycles. The molecule has 0 amide bonds. The van der Waals surface area contributed by atoms with Crippen LogP contribution < -0.4 is 10.5 Å². The van der Waals surface area contributed by atoms with Crippen LogP contribution in [0.1, 0.15) is 31.4 Å². The van der Waals surface area contributed by atoms with Crippen molar-refractivity contribution in [3.63, 3.8) is 0 Å². The van der Waals surface area contributed by atoms with Gasteiger partial charge in [-0.25, -0.2) is 14.1 Å². The van der Waals surface area contributed by atoms with Crippen LogP contribution in [0, 0.1) is 5.82 Å². The van der Waals surface area contributed by atoms with Gasteiger partial charge in [0.15, 0.2) is 5.82 Å². The Morgan fingerprint density at radius 2 is 2.00 bits per heavy atom. The molecule has 1 aromatic carbocycles. The first-order valence-corrected chi connectivity index (χ1v) is 7.24. The SMILES string of the molecule is CCCCn1nc(COc2ccc(F)cc2)nc1CCN.Cl. The highest BCUT2D eigenvalue weighted by atomic mass is 35.5. The molecule has 122 valence electrons. The van der Waals surface area contributed by atoms with E-state index in [9.17, 15) is 4.39 Å². The molecule has 0 radical (unpaired) electrons. The van der Waals surface area contributed by atoms with E-state index in [1.807, 2.05) is 4.68 Å². The normalized spacial score (nSPS) is 10.3. The van der Waals surface area contributed by atoms with Gasteiger partial charge < -0.3 is 10.5 Å². The molecule has 0 aliphatic heterocycles. The molecular formula is C15H22ClFN4O. The van der Waals surface area contributed by atoms with Gasteiger partial charge in [0.1, 0.15) is 24.0 Å². The fourth-order valence-electron chi connectivity index (χ4n) is 1.97. The lowest BCUT2D eigenvalue weighted by molar-refractivity contribution is 0.294. The highest BCUT2D eigenvalue weighted by Crippen LogP contribution is 2.13. The lowest BCUT2D eigenvalue weighted by Crippen LogP contribution is -2.11. The molecule has 2 rings (SSSR count). The van der Waals surface area contributed by atoms with Crippen LogP contribution in [-0.2, 0) is 19.6 Å². The molecule has 0 fully saturated rings. The van der Waals surface area contributed by atoms with Crippen LogP contribution in [0.25, 0.3) is 0 Å². The van der Waals surface area contributed by atoms with Gasteiger partial charge in [-0.3, -0.25) is 0 Å². The average molecular weight is 329 g/mol. The molecule has 2 N–H and O–H groups in total. The molecule has 0 spiro atoms. The molecule has 0 aliphatic carbocycles. The van der Waals surface area contributed by atoms with E-state index in [1.165, 1.54) is 12.1 Å². The van der Waals surface area contributed by atoms with E-state index in [1.54, 1.807) is 12.1 Å². The Bertz CT molecular complexity index is 559. The summed E-state index contributed by atoms with van der Waals surface area (Å²) >= 11 is 0. The molecule has 1 aromatic heterocycles. The number of aryl methyl sites for hydroxylation is 1. The van der Waals surface area contributed by atoms with Crippen LogP contribution >= 0.6 is 12.4 Å². The number of unbranched alkanes of at least 4 members (excludes halogenated alkanes) is 1. The predicted molar refractivity (Wildman–Crippen MR) is 85.7 cm³/mol. The summed E-state index contributed by atoms with van der Waals surface area (Å²) in [7, 11) is 0. The van der Waals surface area contributed by atoms with Gasteiger partial charge >= 0.3 is 0 Å². The summed E-state index contributed by atoms with van der Waals surface area (Å²) in [5, 5.41) is 4.45. The summed E-state index contributed by atoms with van der Waals surface area (Å²) in [6.45, 7) is 3.79. The third kappa shape index (κ3) is 5.27. The minimum atomic E-state index is -0.283. The first kappa shape index (κ1) is 18.4. The summed E-state index contributed by atoms with van der Waals surface area (Å²) in [6.07, 6.45) is 2.86. The summed E-state index contributed by atoms with van der Waals surface area (Å²) in [6, 6.07) is 5.90. The standard InChI is InChI=1S/C15H21FN4O.ClH/c1-2-3-10-20-15(8-9-17)18-14(19-20)11-21-13-6-4-12(16)5-7-13;/h4-7H,2-3,8-11,17H2,1H3;1H. The zero-order chi connectivity index (χ0) is 15.1. The van der Waals surface area contributed by atoms with Crippen LogP contribution in [0.5, 0.6) is 5.75 Å². The topological polar surface area (TPSA) is 66.0 Å². The Hall–Kier alpha value is -1.66. The minimum Gasteiger partial charge on any atom is -0.486 e. The van der Waals surface area contributed by atoms with Crippen LogP contribution in [0.4, 0.5) is 4.39 Å². The molecule has 2 aromatic rings. The van der Waals surface area contributed by atoms with E-state index < -0.39 is 0 Å². The fourth-order valence-corrected chi connectivity index (χ4v) is 1.97. The Balaban J connectivity index is 0.00000242. The molecule has 0 saturated carbocycles. The second kappa shape index (κ2) is 9.38. The van der Waals surface area contributed by atoms with Gasteiger partial charge in [0, 0.05) is 13.0 Å². The maximum Gasteiger partial charge on any atom is 0.188 e. The molecule has 1 heterocycles. The van der Waals surface area contributed by atoms with Gasteiger partial charge in [-0.2, -0.15) is 5.10 Å². The smallest absolute Gasteiger partial charge is 0.188 e. The Kier molecular flexibility index (Phi) is 7.84. The number of rotatable bonds is 8. The van der Waals surface area contributed by atoms with Crippen molar-refractivity contribution >= 4 is 12.4 Å². The van der Waals surface area contributed by atoms with Crippen molar-refractivity contribution in [1.29, 1.82) is 0 Å². The first-order valence-electron chi connectivity index (χ1n) is 7.24. The third-order valence-electron chi connectivity index (χ3n) is 3.07. The van der Waals surface area contributed by atoms with Gasteiger partial charge in [-0.05, 0) is 37.2 Å². The largest absolute Gasteiger partial charge is 0.486 e. The summed E-state index contributed by atoms with van der Waals surface area (Å²) in [5.41, 5.74) is 5.60. The van der Waals surface area contributed by atoms with Gasteiger partial charge in [-0.15, -0.1) is 12.4 Å². The number of nitrogens with two attached hydrogens (primary N) is 1. The van der Waals surface area contributed by atoms with Crippen molar-refractivity contribution < 1.29 is 9.13 Å². The van der Waals surface area contributed by atoms with Crippen LogP contribution in [-0.4, -0.2) is 21.3 Å². The number of halogens is 2. The van der Waals surface area contributed by atoms with Crippen molar-refractivity contribution in [2.75, 3.05) is 6.54 Å². The zero-order valence-corrected chi connectivity index (χ0v) is 13.5. The van der Waals surface area contributed by atoms with E-state index in [0.717, 1.165) is 25.2 Å². The first-order chi connectivity index (χ1) is 10.2. The minimum absolute atomic E-state index is 0. The quantitative estimate of drug-likeness (QED) is 0.809. The average Bonchev–Trinajstić information content (AvgIpc) is 2.87. The van der Waals surface area contributed by atoms with E-state index in [2.05, 4.69) is 17.0 Å². The molecule has 22 heavy (non-hydrogen) atoms. The highest BCUT2D eigenvalue weighted by molar-refractivity contribution is 5.85. The maximum atomic E-state index is 12.8. The number of ether oxygens (including phenoxy) is 1. The van der Waals surface area contributed by atoms with Crippen molar-refractivity contribution in [2.24, 2.45) is 5.73 Å². The Labute approximate surface area is 136 Å². The molecule has 5 nitrogen and oxygen atoms in total. The Morgan fingerprint density at radius 1 is 1.27 bits per heavy atom. The number of hydrogen-bond donors (Lipinski definition) is 1. The van der Waals surface area contributed by atoms with Gasteiger partial charge in [0.05, 0.1) is 0 Å². The molecule has 0 aliphatic rings. The van der Waals surface area contributed by atoms with E-state index in [0.29, 0.717) is 24.5 Å². The number of benzene rings is 1. The molecule has 0 unspecified atom stereocenters. The van der Waals surface area contributed by atoms with E-state index in [4.69, 9.17) is 10.5 Å². The lowest BCUT2D eigenvalue weighted by Gasteiger charge is -2.03. The summed E-state index contributed by atoms with van der Waals surface area (Å²) < 4.78 is 20.3. The second-order valence-electron chi connectivity index (χ2n) is 4.80. The van der Waals surface area contributed by atoms with E-state index in [-0.39, 0.29) is 24.8 Å². The van der Waals surface area contributed by atoms with Crippen molar-refractivity contribution in [3.05, 3.63) is 41.7 Å². The van der Waals surface area contributed by atoms with Gasteiger partial charge in [0.2, 0.25) is 0 Å². The zero-order valence-electron chi connectivity index (χ0n) is 12.7. The van der Waals surface area contributed by atoms with Crippen LogP contribution in [0.3, 0.4) is 0 Å². The van der Waals surface area contributed by atoms with Crippen LogP contribution in [0.2, 0.25) is 0 Å². The number of nitrogens with zero attached hydrogens (tertiary/aromatic N) is 3. The fraction of sp³-hybridized carbons (Fsp3) is 0.467. The summed E-state index contributed by atoms with van der Waals surface area (Å²) in [5.74, 6) is 1.83. The Morgan fingerprint density at radius 3 is 2.64 bits per heavy atom. The molecule has 0 atom stereocenters. The molecule has 7 heteroatoms. The van der Waals surface area contributed by atoms with Crippen molar-refractivity contribution in [2.45, 2.75) is 39.3 Å². The highest BCUT2D eigenvalue weighted by Gasteiger charge is 2.09. The molecular weight excluding hydrogens is 307 g/mol. The van der Waals surface area contributed by atoms with Crippen molar-refractivity contribution in [1.82, 2.24) is 14.8 Å². The van der Waals surface area contributed by atoms with E-state index >= 15 is 0 Å². The predicted octanol–water partition coefficient (Wildman–Crippen LogP) is 2.72. The van der Waals surface area contributed by atoms with Crippen LogP contribution in [0.15, 0.2) is 24.3 Å². The summed E-state index contributed by atoms with van der Waals surface area (Å²) in [4.78, 5) is 4.46. The maximum absolute atomic E-state index is 12.8. The second-order valence-corrected chi connectivity index (χ2v) is 4.80. The third-order valence-corrected chi connectivity index (χ3v) is 3.07. The number of hydrogen-bond acceptors (Lipinski definition) is 4. The lowest BCUT2D eigenvalue weighted by atomic mass is 10.3. The van der Waals surface area contributed by atoms with Crippen molar-refractivity contribution in [3.8, 4) is 5.75 Å². The molecule has 0 bridgehead atoms. The monoisotopic (exact) mass is 328 g/mol.